The Balaban J connectivity index is 2.53. The zero-order valence-electron chi connectivity index (χ0n) is 6.08. The van der Waals surface area contributed by atoms with Gasteiger partial charge in [0, 0.05) is 11.8 Å². The van der Waals surface area contributed by atoms with Gasteiger partial charge in [-0.2, -0.15) is 0 Å². The van der Waals surface area contributed by atoms with E-state index >= 15 is 0 Å². The molecule has 4 heteroatoms. The summed E-state index contributed by atoms with van der Waals surface area (Å²) in [5, 5.41) is -0.132. The van der Waals surface area contributed by atoms with Gasteiger partial charge in [-0.15, -0.1) is 0 Å². The summed E-state index contributed by atoms with van der Waals surface area (Å²) in [5.41, 5.74) is 5.46. The third kappa shape index (κ3) is 1.32. The van der Waals surface area contributed by atoms with Gasteiger partial charge in [0.05, 0.1) is 5.25 Å². The summed E-state index contributed by atoms with van der Waals surface area (Å²) in [6.45, 7) is 1.68. The Morgan fingerprint density at radius 3 is 2.30 bits per heavy atom. The highest BCUT2D eigenvalue weighted by molar-refractivity contribution is 7.92. The first kappa shape index (κ1) is 8.01. The van der Waals surface area contributed by atoms with Crippen molar-refractivity contribution >= 4 is 9.84 Å². The van der Waals surface area contributed by atoms with E-state index in [0.717, 1.165) is 0 Å². The van der Waals surface area contributed by atoms with Crippen LogP contribution in [0.3, 0.4) is 0 Å². The maximum atomic E-state index is 11.1. The van der Waals surface area contributed by atoms with Crippen molar-refractivity contribution in [1.82, 2.24) is 0 Å². The highest BCUT2D eigenvalue weighted by Crippen LogP contribution is 2.25. The summed E-state index contributed by atoms with van der Waals surface area (Å²) in [6.07, 6.45) is 1.33. The summed E-state index contributed by atoms with van der Waals surface area (Å²) in [7, 11) is -2.77. The second-order valence-corrected chi connectivity index (χ2v) is 5.37. The Bertz CT molecular complexity index is 204. The minimum absolute atomic E-state index is 0.131. The third-order valence-electron chi connectivity index (χ3n) is 2.04. The fourth-order valence-corrected chi connectivity index (χ4v) is 2.69. The van der Waals surface area contributed by atoms with Crippen LogP contribution in [-0.2, 0) is 9.84 Å². The first-order valence-corrected chi connectivity index (χ1v) is 5.25. The van der Waals surface area contributed by atoms with Crippen molar-refractivity contribution in [2.45, 2.75) is 31.1 Å². The molecule has 1 aliphatic carbocycles. The van der Waals surface area contributed by atoms with Gasteiger partial charge in [0.1, 0.15) is 0 Å². The molecule has 1 saturated carbocycles. The zero-order chi connectivity index (χ0) is 7.78. The first-order chi connectivity index (χ1) is 4.56. The van der Waals surface area contributed by atoms with E-state index in [-0.39, 0.29) is 17.0 Å². The Labute approximate surface area is 61.5 Å². The molecule has 0 aromatic heterocycles. The predicted octanol–water partition coefficient (Wildman–Crippen LogP) is -0.0892. The lowest BCUT2D eigenvalue weighted by atomic mass is 9.94. The van der Waals surface area contributed by atoms with Crippen LogP contribution in [-0.4, -0.2) is 25.5 Å². The van der Waals surface area contributed by atoms with Crippen LogP contribution < -0.4 is 5.73 Å². The number of sulfone groups is 1. The Morgan fingerprint density at radius 1 is 1.50 bits per heavy atom. The van der Waals surface area contributed by atoms with Gasteiger partial charge in [-0.1, -0.05) is 6.92 Å². The summed E-state index contributed by atoms with van der Waals surface area (Å²) in [5.74, 6) is 0.254. The van der Waals surface area contributed by atoms with E-state index in [4.69, 9.17) is 5.73 Å². The third-order valence-corrected chi connectivity index (χ3v) is 4.25. The molecule has 1 aliphatic rings. The zero-order valence-corrected chi connectivity index (χ0v) is 6.89. The molecule has 10 heavy (non-hydrogen) atoms. The fraction of sp³-hybridized carbons (Fsp3) is 1.00. The molecule has 0 heterocycles. The first-order valence-electron chi connectivity index (χ1n) is 3.53. The van der Waals surface area contributed by atoms with Crippen LogP contribution >= 0.6 is 0 Å². The average Bonchev–Trinajstić information content (AvgIpc) is 1.81. The molecule has 60 valence electrons. The summed E-state index contributed by atoms with van der Waals surface area (Å²) >= 11 is 0. The Kier molecular flexibility index (Phi) is 2.01. The van der Waals surface area contributed by atoms with E-state index in [1.165, 1.54) is 0 Å². The van der Waals surface area contributed by atoms with E-state index in [1.54, 1.807) is 6.92 Å². The molecule has 0 radical (unpaired) electrons. The van der Waals surface area contributed by atoms with Crippen molar-refractivity contribution in [1.29, 1.82) is 0 Å². The molecule has 0 aromatic carbocycles. The molecule has 1 fully saturated rings. The molecule has 3 nitrogen and oxygen atoms in total. The van der Waals surface area contributed by atoms with Gasteiger partial charge in [-0.3, -0.25) is 0 Å². The quantitative estimate of drug-likeness (QED) is 0.619. The molecule has 0 amide bonds. The molecule has 1 rings (SSSR count). The van der Waals surface area contributed by atoms with Crippen molar-refractivity contribution < 1.29 is 8.42 Å². The van der Waals surface area contributed by atoms with E-state index in [0.29, 0.717) is 12.8 Å². The molecular formula is C6H13NO2S. The minimum atomic E-state index is -2.77. The van der Waals surface area contributed by atoms with Gasteiger partial charge in [0.15, 0.2) is 9.84 Å². The largest absolute Gasteiger partial charge is 0.328 e. The maximum Gasteiger partial charge on any atom is 0.153 e. The predicted molar refractivity (Wildman–Crippen MR) is 40.5 cm³/mol. The lowest BCUT2D eigenvalue weighted by molar-refractivity contribution is 0.409. The van der Waals surface area contributed by atoms with Crippen molar-refractivity contribution in [2.24, 2.45) is 5.73 Å². The van der Waals surface area contributed by atoms with Crippen LogP contribution in [0.15, 0.2) is 0 Å². The van der Waals surface area contributed by atoms with Crippen LogP contribution in [0, 0.1) is 0 Å². The molecule has 0 aromatic rings. The van der Waals surface area contributed by atoms with Crippen molar-refractivity contribution in [3.63, 3.8) is 0 Å². The lowest BCUT2D eigenvalue weighted by Crippen LogP contribution is -2.45. The second-order valence-electron chi connectivity index (χ2n) is 2.81. The molecule has 0 bridgehead atoms. The monoisotopic (exact) mass is 163 g/mol. The molecule has 0 atom stereocenters. The average molecular weight is 163 g/mol. The van der Waals surface area contributed by atoms with E-state index in [1.807, 2.05) is 0 Å². The van der Waals surface area contributed by atoms with Crippen LogP contribution in [0.5, 0.6) is 0 Å². The fourth-order valence-electron chi connectivity index (χ4n) is 1.14. The molecule has 0 spiro atoms. The Morgan fingerprint density at radius 2 is 2.00 bits per heavy atom. The highest BCUT2D eigenvalue weighted by atomic mass is 32.2. The topological polar surface area (TPSA) is 60.2 Å². The summed E-state index contributed by atoms with van der Waals surface area (Å²) < 4.78 is 22.1. The van der Waals surface area contributed by atoms with Gasteiger partial charge in [0.25, 0.3) is 0 Å². The molecular weight excluding hydrogens is 150 g/mol. The molecule has 2 N–H and O–H groups in total. The summed E-state index contributed by atoms with van der Waals surface area (Å²) in [6, 6.07) is 0.131. The number of hydrogen-bond donors (Lipinski definition) is 1. The molecule has 0 aliphatic heterocycles. The molecule has 0 saturated heterocycles. The van der Waals surface area contributed by atoms with Crippen molar-refractivity contribution in [3.05, 3.63) is 0 Å². The van der Waals surface area contributed by atoms with E-state index < -0.39 is 9.84 Å². The summed E-state index contributed by atoms with van der Waals surface area (Å²) in [4.78, 5) is 0. The van der Waals surface area contributed by atoms with Gasteiger partial charge in [-0.25, -0.2) is 8.42 Å². The van der Waals surface area contributed by atoms with E-state index in [2.05, 4.69) is 0 Å². The second kappa shape index (κ2) is 2.51. The lowest BCUT2D eigenvalue weighted by Gasteiger charge is -2.31. The van der Waals surface area contributed by atoms with E-state index in [9.17, 15) is 8.42 Å². The van der Waals surface area contributed by atoms with Gasteiger partial charge in [0.2, 0.25) is 0 Å². The van der Waals surface area contributed by atoms with Gasteiger partial charge in [-0.05, 0) is 12.8 Å². The standard InChI is InChI=1S/C6H13NO2S/c1-2-10(8,9)6-3-5(7)4-6/h5-6H,2-4,7H2,1H3/t5-,6+. The molecule has 0 unspecified atom stereocenters. The smallest absolute Gasteiger partial charge is 0.153 e. The van der Waals surface area contributed by atoms with Crippen molar-refractivity contribution in [3.8, 4) is 0 Å². The Hall–Kier alpha value is -0.0900. The maximum absolute atomic E-state index is 11.1. The van der Waals surface area contributed by atoms with Crippen LogP contribution in [0.1, 0.15) is 19.8 Å². The van der Waals surface area contributed by atoms with Gasteiger partial charge >= 0.3 is 0 Å². The minimum Gasteiger partial charge on any atom is -0.328 e. The number of nitrogens with two attached hydrogens (primary N) is 1. The van der Waals surface area contributed by atoms with Crippen molar-refractivity contribution in [2.75, 3.05) is 5.75 Å². The SMILES string of the molecule is CCS(=O)(=O)[C@H]1C[C@@H](N)C1. The van der Waals surface area contributed by atoms with Crippen LogP contribution in [0.4, 0.5) is 0 Å². The number of hydrogen-bond acceptors (Lipinski definition) is 3. The highest BCUT2D eigenvalue weighted by Gasteiger charge is 2.35. The number of rotatable bonds is 2. The normalized spacial score (nSPS) is 33.4. The van der Waals surface area contributed by atoms with Crippen LogP contribution in [0.25, 0.3) is 0 Å². The van der Waals surface area contributed by atoms with Gasteiger partial charge < -0.3 is 5.73 Å². The van der Waals surface area contributed by atoms with Crippen LogP contribution in [0.2, 0.25) is 0 Å².